The van der Waals surface area contributed by atoms with E-state index in [0.29, 0.717) is 12.0 Å². The molecule has 3 heteroatoms. The molecular formula is C20H23NO2. The van der Waals surface area contributed by atoms with Crippen LogP contribution in [0.15, 0.2) is 42.5 Å². The van der Waals surface area contributed by atoms with E-state index in [-0.39, 0.29) is 11.5 Å². The number of piperidine rings is 1. The number of nitrogens with zero attached hydrogens (tertiary/aromatic N) is 1. The Morgan fingerprint density at radius 1 is 1.00 bits per heavy atom. The third-order valence-electron chi connectivity index (χ3n) is 5.51. The Hall–Kier alpha value is -2.00. The van der Waals surface area contributed by atoms with E-state index >= 15 is 0 Å². The molecule has 2 aromatic rings. The number of phenols is 2. The van der Waals surface area contributed by atoms with Gasteiger partial charge in [0, 0.05) is 18.2 Å². The summed E-state index contributed by atoms with van der Waals surface area (Å²) in [5.74, 6) is 0.586. The van der Waals surface area contributed by atoms with Gasteiger partial charge in [-0.2, -0.15) is 0 Å². The van der Waals surface area contributed by atoms with Gasteiger partial charge in [-0.15, -0.1) is 0 Å². The van der Waals surface area contributed by atoms with Crippen LogP contribution >= 0.6 is 0 Å². The predicted octanol–water partition coefficient (Wildman–Crippen LogP) is 3.79. The minimum Gasteiger partial charge on any atom is -0.504 e. The molecule has 3 nitrogen and oxygen atoms in total. The molecule has 1 saturated heterocycles. The fourth-order valence-electron chi connectivity index (χ4n) is 4.43. The van der Waals surface area contributed by atoms with Gasteiger partial charge in [0.1, 0.15) is 0 Å². The van der Waals surface area contributed by atoms with Crippen LogP contribution in [0.2, 0.25) is 0 Å². The standard InChI is InChI=1S/C20H23NO2/c22-19-11-9-15-16-7-4-12-21(13-14-5-2-1-3-6-14)18(16)10-8-17(15)20(19)23/h1-3,5-6,9,11,16,18,22-23H,4,7-8,10,12-13H2. The topological polar surface area (TPSA) is 43.7 Å². The SMILES string of the molecule is Oc1ccc2c(c1O)CCC1C2CCCN1Cc1ccccc1. The number of aromatic hydroxyl groups is 2. The van der Waals surface area contributed by atoms with Gasteiger partial charge in [-0.3, -0.25) is 4.90 Å². The number of hydrogen-bond donors (Lipinski definition) is 2. The fraction of sp³-hybridized carbons (Fsp3) is 0.400. The van der Waals surface area contributed by atoms with Crippen LogP contribution in [0.25, 0.3) is 0 Å². The first-order valence-corrected chi connectivity index (χ1v) is 8.55. The molecule has 0 aromatic heterocycles. The van der Waals surface area contributed by atoms with Crippen molar-refractivity contribution in [2.45, 2.75) is 44.2 Å². The maximum absolute atomic E-state index is 10.2. The maximum atomic E-state index is 10.2. The molecule has 23 heavy (non-hydrogen) atoms. The normalized spacial score (nSPS) is 24.0. The van der Waals surface area contributed by atoms with E-state index < -0.39 is 0 Å². The van der Waals surface area contributed by atoms with E-state index in [0.717, 1.165) is 31.5 Å². The summed E-state index contributed by atoms with van der Waals surface area (Å²) in [6.45, 7) is 2.15. The summed E-state index contributed by atoms with van der Waals surface area (Å²) in [5, 5.41) is 19.9. The highest BCUT2D eigenvalue weighted by Crippen LogP contribution is 2.45. The van der Waals surface area contributed by atoms with Crippen molar-refractivity contribution in [1.82, 2.24) is 4.90 Å². The molecular weight excluding hydrogens is 286 g/mol. The molecule has 120 valence electrons. The van der Waals surface area contributed by atoms with Crippen LogP contribution in [-0.4, -0.2) is 27.7 Å². The molecule has 4 rings (SSSR count). The van der Waals surface area contributed by atoms with Gasteiger partial charge in [0.2, 0.25) is 0 Å². The lowest BCUT2D eigenvalue weighted by atomic mass is 9.74. The Morgan fingerprint density at radius 3 is 2.65 bits per heavy atom. The molecule has 1 aliphatic carbocycles. The fourth-order valence-corrected chi connectivity index (χ4v) is 4.43. The van der Waals surface area contributed by atoms with Crippen LogP contribution in [0.1, 0.15) is 41.9 Å². The molecule has 1 aliphatic heterocycles. The van der Waals surface area contributed by atoms with Crippen LogP contribution in [0.3, 0.4) is 0 Å². The zero-order chi connectivity index (χ0) is 15.8. The summed E-state index contributed by atoms with van der Waals surface area (Å²) in [6, 6.07) is 14.9. The molecule has 0 amide bonds. The zero-order valence-corrected chi connectivity index (χ0v) is 13.3. The summed E-state index contributed by atoms with van der Waals surface area (Å²) in [4.78, 5) is 2.61. The summed E-state index contributed by atoms with van der Waals surface area (Å²) in [6.07, 6.45) is 4.27. The van der Waals surface area contributed by atoms with E-state index in [1.54, 1.807) is 6.07 Å². The van der Waals surface area contributed by atoms with E-state index in [1.165, 1.54) is 24.0 Å². The molecule has 2 unspecified atom stereocenters. The average molecular weight is 309 g/mol. The molecule has 0 bridgehead atoms. The first-order valence-electron chi connectivity index (χ1n) is 8.55. The monoisotopic (exact) mass is 309 g/mol. The van der Waals surface area contributed by atoms with Gasteiger partial charge >= 0.3 is 0 Å². The third-order valence-corrected chi connectivity index (χ3v) is 5.51. The molecule has 2 N–H and O–H groups in total. The quantitative estimate of drug-likeness (QED) is 0.830. The highest BCUT2D eigenvalue weighted by Gasteiger charge is 2.37. The molecule has 2 aliphatic rings. The lowest BCUT2D eigenvalue weighted by Crippen LogP contribution is -2.45. The van der Waals surface area contributed by atoms with Crippen molar-refractivity contribution in [3.8, 4) is 11.5 Å². The first kappa shape index (κ1) is 14.6. The maximum Gasteiger partial charge on any atom is 0.160 e. The molecule has 0 spiro atoms. The van der Waals surface area contributed by atoms with Crippen LogP contribution in [0.4, 0.5) is 0 Å². The minimum absolute atomic E-state index is 0.0131. The highest BCUT2D eigenvalue weighted by atomic mass is 16.3. The summed E-state index contributed by atoms with van der Waals surface area (Å²) in [7, 11) is 0. The van der Waals surface area contributed by atoms with E-state index in [2.05, 4.69) is 35.2 Å². The van der Waals surface area contributed by atoms with Gasteiger partial charge in [0.05, 0.1) is 0 Å². The molecule has 0 radical (unpaired) electrons. The Bertz CT molecular complexity index is 698. The van der Waals surface area contributed by atoms with Gasteiger partial charge in [-0.1, -0.05) is 36.4 Å². The number of benzene rings is 2. The Morgan fingerprint density at radius 2 is 1.83 bits per heavy atom. The molecule has 0 saturated carbocycles. The van der Waals surface area contributed by atoms with E-state index in [4.69, 9.17) is 0 Å². The summed E-state index contributed by atoms with van der Waals surface area (Å²) in [5.41, 5.74) is 3.58. The third kappa shape index (κ3) is 2.59. The van der Waals surface area contributed by atoms with Crippen molar-refractivity contribution in [2.24, 2.45) is 0 Å². The van der Waals surface area contributed by atoms with Gasteiger partial charge in [-0.25, -0.2) is 0 Å². The van der Waals surface area contributed by atoms with Gasteiger partial charge in [0.15, 0.2) is 11.5 Å². The van der Waals surface area contributed by atoms with Crippen LogP contribution < -0.4 is 0 Å². The lowest BCUT2D eigenvalue weighted by Gasteiger charge is -2.45. The number of phenolic OH excluding ortho intramolecular Hbond substituents is 2. The van der Waals surface area contributed by atoms with Crippen molar-refractivity contribution in [2.75, 3.05) is 6.54 Å². The Balaban J connectivity index is 1.62. The highest BCUT2D eigenvalue weighted by molar-refractivity contribution is 5.51. The van der Waals surface area contributed by atoms with E-state index in [1.807, 2.05) is 6.07 Å². The smallest absolute Gasteiger partial charge is 0.160 e. The summed E-state index contributed by atoms with van der Waals surface area (Å²) < 4.78 is 0. The molecule has 2 aromatic carbocycles. The van der Waals surface area contributed by atoms with Crippen LogP contribution in [0, 0.1) is 0 Å². The predicted molar refractivity (Wildman–Crippen MR) is 90.7 cm³/mol. The first-order chi connectivity index (χ1) is 11.2. The van der Waals surface area contributed by atoms with Crippen molar-refractivity contribution in [3.05, 3.63) is 59.2 Å². The van der Waals surface area contributed by atoms with Crippen molar-refractivity contribution >= 4 is 0 Å². The molecule has 1 fully saturated rings. The Kier molecular flexibility index (Phi) is 3.74. The van der Waals surface area contributed by atoms with Gasteiger partial charge in [-0.05, 0) is 55.3 Å². The summed E-state index contributed by atoms with van der Waals surface area (Å²) >= 11 is 0. The lowest BCUT2D eigenvalue weighted by molar-refractivity contribution is 0.104. The van der Waals surface area contributed by atoms with E-state index in [9.17, 15) is 10.2 Å². The number of fused-ring (bicyclic) bond motifs is 3. The average Bonchev–Trinajstić information content (AvgIpc) is 2.59. The minimum atomic E-state index is 0.0131. The second-order valence-electron chi connectivity index (χ2n) is 6.81. The second-order valence-corrected chi connectivity index (χ2v) is 6.81. The van der Waals surface area contributed by atoms with Crippen molar-refractivity contribution in [3.63, 3.8) is 0 Å². The number of rotatable bonds is 2. The Labute approximate surface area is 137 Å². The number of likely N-dealkylation sites (tertiary alicyclic amines) is 1. The number of hydrogen-bond acceptors (Lipinski definition) is 3. The molecule has 1 heterocycles. The largest absolute Gasteiger partial charge is 0.504 e. The van der Waals surface area contributed by atoms with Crippen LogP contribution in [0.5, 0.6) is 11.5 Å². The second kappa shape index (κ2) is 5.89. The van der Waals surface area contributed by atoms with Crippen molar-refractivity contribution in [1.29, 1.82) is 0 Å². The van der Waals surface area contributed by atoms with Crippen molar-refractivity contribution < 1.29 is 10.2 Å². The molecule has 2 atom stereocenters. The van der Waals surface area contributed by atoms with Gasteiger partial charge < -0.3 is 10.2 Å². The van der Waals surface area contributed by atoms with Crippen LogP contribution in [-0.2, 0) is 13.0 Å². The zero-order valence-electron chi connectivity index (χ0n) is 13.3. The van der Waals surface area contributed by atoms with Gasteiger partial charge in [0.25, 0.3) is 0 Å².